The van der Waals surface area contributed by atoms with Crippen LogP contribution in [0.1, 0.15) is 79.6 Å². The molecule has 3 atom stereocenters. The highest BCUT2D eigenvalue weighted by Crippen LogP contribution is 2.36. The number of nitrogens with one attached hydrogen (secondary N) is 1. The zero-order valence-corrected chi connectivity index (χ0v) is 21.2. The molecule has 7 heteroatoms. The molecule has 3 aliphatic heterocycles. The molecule has 0 saturated carbocycles. The second kappa shape index (κ2) is 12.2. The number of unbranched alkanes of at least 4 members (excludes halogenated alkanes) is 1. The number of benzene rings is 1. The summed E-state index contributed by atoms with van der Waals surface area (Å²) >= 11 is 0. The predicted octanol–water partition coefficient (Wildman–Crippen LogP) is 4.92. The topological polar surface area (TPSA) is 83.9 Å². The first-order chi connectivity index (χ1) is 17.7. The number of aliphatic carboxylic acids is 1. The average molecular weight is 494 g/mol. The molecule has 0 bridgehead atoms. The van der Waals surface area contributed by atoms with Crippen molar-refractivity contribution in [3.8, 4) is 0 Å². The number of fused-ring (bicyclic) bond motifs is 1. The molecule has 2 N–H and O–H groups in total. The number of nitrogens with zero attached hydrogens (tertiary/aromatic N) is 2. The molecule has 2 aromatic rings. The van der Waals surface area contributed by atoms with E-state index in [1.54, 1.807) is 0 Å². The highest BCUT2D eigenvalue weighted by Gasteiger charge is 2.36. The van der Waals surface area contributed by atoms with Gasteiger partial charge in [0.25, 0.3) is 0 Å². The van der Waals surface area contributed by atoms with Crippen molar-refractivity contribution in [3.63, 3.8) is 0 Å². The van der Waals surface area contributed by atoms with E-state index in [9.17, 15) is 9.90 Å². The van der Waals surface area contributed by atoms with Crippen molar-refractivity contribution >= 4 is 11.7 Å². The smallest absolute Gasteiger partial charge is 0.325 e. The fourth-order valence-electron chi connectivity index (χ4n) is 5.82. The van der Waals surface area contributed by atoms with Gasteiger partial charge in [-0.05, 0) is 81.0 Å². The molecule has 2 unspecified atom stereocenters. The molecule has 0 radical (unpaired) electrons. The van der Waals surface area contributed by atoms with Gasteiger partial charge in [-0.3, -0.25) is 14.7 Å². The van der Waals surface area contributed by atoms with Crippen molar-refractivity contribution in [2.75, 3.05) is 38.2 Å². The van der Waals surface area contributed by atoms with E-state index in [4.69, 9.17) is 14.5 Å². The molecule has 0 amide bonds. The maximum absolute atomic E-state index is 12.4. The van der Waals surface area contributed by atoms with Gasteiger partial charge in [0.2, 0.25) is 0 Å². The van der Waals surface area contributed by atoms with Crippen molar-refractivity contribution in [2.45, 2.75) is 76.0 Å². The fourth-order valence-corrected chi connectivity index (χ4v) is 5.82. The molecule has 2 fully saturated rings. The monoisotopic (exact) mass is 493 g/mol. The summed E-state index contributed by atoms with van der Waals surface area (Å²) in [4.78, 5) is 19.3. The number of hydrogen-bond acceptors (Lipinski definition) is 6. The van der Waals surface area contributed by atoms with Gasteiger partial charge in [0.15, 0.2) is 0 Å². The first kappa shape index (κ1) is 25.2. The van der Waals surface area contributed by atoms with Gasteiger partial charge in [-0.1, -0.05) is 24.3 Å². The van der Waals surface area contributed by atoms with Crippen LogP contribution in [-0.4, -0.2) is 59.9 Å². The molecule has 5 rings (SSSR count). The minimum absolute atomic E-state index is 0.00711. The first-order valence-electron chi connectivity index (χ1n) is 13.7. The van der Waals surface area contributed by atoms with Crippen molar-refractivity contribution in [3.05, 3.63) is 58.9 Å². The van der Waals surface area contributed by atoms with Crippen LogP contribution in [0.25, 0.3) is 0 Å². The Hall–Kier alpha value is -2.48. The number of pyridine rings is 1. The number of ether oxygens (including phenoxy) is 2. The Kier molecular flexibility index (Phi) is 8.51. The van der Waals surface area contributed by atoms with E-state index < -0.39 is 12.0 Å². The van der Waals surface area contributed by atoms with Crippen LogP contribution in [0.5, 0.6) is 0 Å². The van der Waals surface area contributed by atoms with Crippen LogP contribution in [0.2, 0.25) is 0 Å². The molecule has 2 saturated heterocycles. The number of anilines is 1. The summed E-state index contributed by atoms with van der Waals surface area (Å²) in [6.07, 6.45) is 9.30. The Bertz CT molecular complexity index is 1020. The summed E-state index contributed by atoms with van der Waals surface area (Å²) in [5, 5.41) is 13.6. The third-order valence-corrected chi connectivity index (χ3v) is 7.71. The number of hydrogen-bond donors (Lipinski definition) is 2. The summed E-state index contributed by atoms with van der Waals surface area (Å²) in [5.41, 5.74) is 5.44. The summed E-state index contributed by atoms with van der Waals surface area (Å²) in [6, 6.07) is 11.6. The Balaban J connectivity index is 1.11. The number of carboxylic acids is 1. The lowest BCUT2D eigenvalue weighted by atomic mass is 9.92. The Morgan fingerprint density at radius 1 is 1.17 bits per heavy atom. The molecule has 7 nitrogen and oxygen atoms in total. The van der Waals surface area contributed by atoms with Crippen LogP contribution >= 0.6 is 0 Å². The molecule has 1 aromatic carbocycles. The van der Waals surface area contributed by atoms with Gasteiger partial charge in [0.1, 0.15) is 6.04 Å². The van der Waals surface area contributed by atoms with Crippen molar-refractivity contribution in [1.82, 2.24) is 9.88 Å². The number of likely N-dealkylation sites (tertiary alicyclic amines) is 1. The van der Waals surface area contributed by atoms with Crippen LogP contribution in [0, 0.1) is 0 Å². The zero-order chi connectivity index (χ0) is 24.7. The largest absolute Gasteiger partial charge is 0.480 e. The molecule has 194 valence electrons. The van der Waals surface area contributed by atoms with Gasteiger partial charge >= 0.3 is 5.97 Å². The SMILES string of the molecule is O=C(O)C(c1ccccc1C1CCCCO1)N1CC[C@@H](OCCCCc2ccc3c(n2)CCCN3)C1. The molecule has 3 aliphatic rings. The molecule has 0 spiro atoms. The standard InChI is InChI=1S/C29H39N3O4/c33-29(34)28(24-10-2-1-9-23(24)27-12-4-6-19-36-27)32-17-15-22(20-32)35-18-5-3-8-21-13-14-25-26(31-21)11-7-16-30-25/h1-2,9-10,13-14,22,27-28,30H,3-8,11-12,15-20H2,(H,33,34)/t22-,27?,28?/m1/s1. The third kappa shape index (κ3) is 6.07. The van der Waals surface area contributed by atoms with Crippen LogP contribution < -0.4 is 5.32 Å². The fraction of sp³-hybridized carbons (Fsp3) is 0.586. The first-order valence-corrected chi connectivity index (χ1v) is 13.7. The lowest BCUT2D eigenvalue weighted by molar-refractivity contribution is -0.143. The molecule has 4 heterocycles. The van der Waals surface area contributed by atoms with Crippen LogP contribution in [-0.2, 0) is 27.1 Å². The van der Waals surface area contributed by atoms with Crippen LogP contribution in [0.3, 0.4) is 0 Å². The van der Waals surface area contributed by atoms with Gasteiger partial charge < -0.3 is 19.9 Å². The lowest BCUT2D eigenvalue weighted by Gasteiger charge is -2.30. The van der Waals surface area contributed by atoms with Gasteiger partial charge in [0.05, 0.1) is 23.6 Å². The second-order valence-electron chi connectivity index (χ2n) is 10.3. The van der Waals surface area contributed by atoms with Crippen molar-refractivity contribution in [1.29, 1.82) is 0 Å². The van der Waals surface area contributed by atoms with E-state index in [2.05, 4.69) is 22.3 Å². The normalized spacial score (nSPS) is 23.1. The summed E-state index contributed by atoms with van der Waals surface area (Å²) in [6.45, 7) is 3.87. The lowest BCUT2D eigenvalue weighted by Crippen LogP contribution is -2.34. The molecule has 0 aliphatic carbocycles. The summed E-state index contributed by atoms with van der Waals surface area (Å²) in [7, 11) is 0. The number of aromatic nitrogens is 1. The van der Waals surface area contributed by atoms with E-state index in [1.807, 2.05) is 24.3 Å². The maximum Gasteiger partial charge on any atom is 0.325 e. The minimum atomic E-state index is -0.799. The van der Waals surface area contributed by atoms with E-state index in [0.717, 1.165) is 94.3 Å². The average Bonchev–Trinajstić information content (AvgIpc) is 3.37. The number of rotatable bonds is 10. The Morgan fingerprint density at radius 3 is 2.94 bits per heavy atom. The van der Waals surface area contributed by atoms with E-state index >= 15 is 0 Å². The summed E-state index contributed by atoms with van der Waals surface area (Å²) < 4.78 is 12.2. The van der Waals surface area contributed by atoms with Gasteiger partial charge in [-0.2, -0.15) is 0 Å². The van der Waals surface area contributed by atoms with Crippen molar-refractivity contribution in [2.24, 2.45) is 0 Å². The third-order valence-electron chi connectivity index (χ3n) is 7.71. The van der Waals surface area contributed by atoms with Gasteiger partial charge in [-0.25, -0.2) is 0 Å². The van der Waals surface area contributed by atoms with Crippen LogP contribution in [0.4, 0.5) is 5.69 Å². The maximum atomic E-state index is 12.4. The van der Waals surface area contributed by atoms with Gasteiger partial charge in [0, 0.05) is 38.5 Å². The number of carbonyl (C=O) groups is 1. The molecular formula is C29H39N3O4. The summed E-state index contributed by atoms with van der Waals surface area (Å²) in [5.74, 6) is -0.799. The highest BCUT2D eigenvalue weighted by atomic mass is 16.5. The second-order valence-corrected chi connectivity index (χ2v) is 10.3. The number of carboxylic acid groups (broad SMARTS) is 1. The van der Waals surface area contributed by atoms with Crippen molar-refractivity contribution < 1.29 is 19.4 Å². The minimum Gasteiger partial charge on any atom is -0.480 e. The molecule has 36 heavy (non-hydrogen) atoms. The molecular weight excluding hydrogens is 454 g/mol. The van der Waals surface area contributed by atoms with E-state index in [1.165, 1.54) is 11.4 Å². The highest BCUT2D eigenvalue weighted by molar-refractivity contribution is 5.76. The molecule has 1 aromatic heterocycles. The van der Waals surface area contributed by atoms with Gasteiger partial charge in [-0.15, -0.1) is 0 Å². The zero-order valence-electron chi connectivity index (χ0n) is 21.2. The predicted molar refractivity (Wildman–Crippen MR) is 139 cm³/mol. The van der Waals surface area contributed by atoms with E-state index in [0.29, 0.717) is 13.2 Å². The quantitative estimate of drug-likeness (QED) is 0.455. The Labute approximate surface area is 214 Å². The Morgan fingerprint density at radius 2 is 2.08 bits per heavy atom. The number of aryl methyl sites for hydroxylation is 2. The van der Waals surface area contributed by atoms with Crippen LogP contribution in [0.15, 0.2) is 36.4 Å². The van der Waals surface area contributed by atoms with E-state index in [-0.39, 0.29) is 12.2 Å².